The van der Waals surface area contributed by atoms with Crippen molar-refractivity contribution in [3.05, 3.63) is 59.7 Å². The molecule has 0 heterocycles. The second-order valence-corrected chi connectivity index (χ2v) is 5.45. The fourth-order valence-electron chi connectivity index (χ4n) is 2.32. The van der Waals surface area contributed by atoms with Crippen LogP contribution in [0.2, 0.25) is 0 Å². The Morgan fingerprint density at radius 2 is 1.52 bits per heavy atom. The van der Waals surface area contributed by atoms with Gasteiger partial charge in [-0.25, -0.2) is 4.79 Å². The molecule has 3 nitrogen and oxygen atoms in total. The van der Waals surface area contributed by atoms with E-state index in [9.17, 15) is 4.79 Å². The van der Waals surface area contributed by atoms with Crippen LogP contribution >= 0.6 is 0 Å². The number of carbonyl (C=O) groups excluding carboxylic acids is 1. The number of carbonyl (C=O) groups is 1. The number of aryl methyl sites for hydroxylation is 1. The maximum atomic E-state index is 12.1. The first-order valence-corrected chi connectivity index (χ1v) is 8.27. The smallest absolute Gasteiger partial charge is 0.343 e. The van der Waals surface area contributed by atoms with Crippen molar-refractivity contribution in [2.75, 3.05) is 6.61 Å². The quantitative estimate of drug-likeness (QED) is 0.389. The minimum atomic E-state index is -0.339. The monoisotopic (exact) mass is 312 g/mol. The summed E-state index contributed by atoms with van der Waals surface area (Å²) in [6.45, 7) is 4.74. The lowest BCUT2D eigenvalue weighted by Gasteiger charge is -2.07. The van der Waals surface area contributed by atoms with Crippen molar-refractivity contribution in [2.24, 2.45) is 0 Å². The number of rotatable bonds is 8. The molecule has 3 heteroatoms. The number of hydrogen-bond donors (Lipinski definition) is 0. The Kier molecular flexibility index (Phi) is 6.67. The first kappa shape index (κ1) is 17.1. The molecule has 2 aromatic rings. The maximum Gasteiger partial charge on any atom is 0.343 e. The SMILES string of the molecule is CCCCCc1ccc(C(=O)Oc2ccc(OCC)cc2)cc1. The van der Waals surface area contributed by atoms with Gasteiger partial charge in [0, 0.05) is 0 Å². The summed E-state index contributed by atoms with van der Waals surface area (Å²) in [5.41, 5.74) is 1.83. The molecule has 2 rings (SSSR count). The molecule has 0 atom stereocenters. The zero-order chi connectivity index (χ0) is 16.5. The zero-order valence-corrected chi connectivity index (χ0v) is 13.9. The van der Waals surface area contributed by atoms with E-state index in [-0.39, 0.29) is 5.97 Å². The van der Waals surface area contributed by atoms with Crippen molar-refractivity contribution in [1.29, 1.82) is 0 Å². The van der Waals surface area contributed by atoms with Gasteiger partial charge in [0.25, 0.3) is 0 Å². The van der Waals surface area contributed by atoms with Gasteiger partial charge >= 0.3 is 5.97 Å². The van der Waals surface area contributed by atoms with Crippen LogP contribution in [0.1, 0.15) is 49.0 Å². The molecule has 0 aliphatic carbocycles. The van der Waals surface area contributed by atoms with Gasteiger partial charge in [-0.15, -0.1) is 0 Å². The average Bonchev–Trinajstić information content (AvgIpc) is 2.58. The van der Waals surface area contributed by atoms with Crippen LogP contribution < -0.4 is 9.47 Å². The normalized spacial score (nSPS) is 10.3. The van der Waals surface area contributed by atoms with Gasteiger partial charge in [-0.3, -0.25) is 0 Å². The molecule has 0 aliphatic heterocycles. The van der Waals surface area contributed by atoms with Gasteiger partial charge in [0.15, 0.2) is 0 Å². The van der Waals surface area contributed by atoms with E-state index in [4.69, 9.17) is 9.47 Å². The second kappa shape index (κ2) is 8.99. The first-order chi connectivity index (χ1) is 11.2. The molecule has 0 unspecified atom stereocenters. The van der Waals surface area contributed by atoms with E-state index in [1.165, 1.54) is 24.8 Å². The fourth-order valence-corrected chi connectivity index (χ4v) is 2.32. The van der Waals surface area contributed by atoms with Crippen LogP contribution in [0.25, 0.3) is 0 Å². The Hall–Kier alpha value is -2.29. The Morgan fingerprint density at radius 1 is 0.870 bits per heavy atom. The third-order valence-electron chi connectivity index (χ3n) is 3.60. The Morgan fingerprint density at radius 3 is 2.13 bits per heavy atom. The van der Waals surface area contributed by atoms with Crippen LogP contribution in [0.15, 0.2) is 48.5 Å². The molecular weight excluding hydrogens is 288 g/mol. The van der Waals surface area contributed by atoms with Crippen LogP contribution in [0, 0.1) is 0 Å². The molecule has 122 valence electrons. The number of unbranched alkanes of at least 4 members (excludes halogenated alkanes) is 2. The molecule has 0 N–H and O–H groups in total. The average molecular weight is 312 g/mol. The first-order valence-electron chi connectivity index (χ1n) is 8.27. The largest absolute Gasteiger partial charge is 0.494 e. The zero-order valence-electron chi connectivity index (χ0n) is 13.9. The molecule has 0 amide bonds. The van der Waals surface area contributed by atoms with E-state index in [1.807, 2.05) is 31.2 Å². The summed E-state index contributed by atoms with van der Waals surface area (Å²) in [4.78, 5) is 12.1. The van der Waals surface area contributed by atoms with E-state index < -0.39 is 0 Å². The summed E-state index contributed by atoms with van der Waals surface area (Å²) >= 11 is 0. The highest BCUT2D eigenvalue weighted by molar-refractivity contribution is 5.91. The Balaban J connectivity index is 1.92. The highest BCUT2D eigenvalue weighted by atomic mass is 16.5. The third kappa shape index (κ3) is 5.44. The maximum absolute atomic E-state index is 12.1. The standard InChI is InChI=1S/C20H24O3/c1-3-5-6-7-16-8-10-17(11-9-16)20(21)23-19-14-12-18(13-15-19)22-4-2/h8-15H,3-7H2,1-2H3. The van der Waals surface area contributed by atoms with Crippen molar-refractivity contribution in [2.45, 2.75) is 39.5 Å². The van der Waals surface area contributed by atoms with Gasteiger partial charge in [0.2, 0.25) is 0 Å². The minimum Gasteiger partial charge on any atom is -0.494 e. The molecule has 0 aromatic heterocycles. The number of hydrogen-bond acceptors (Lipinski definition) is 3. The molecule has 0 aliphatic rings. The van der Waals surface area contributed by atoms with Gasteiger partial charge in [0.05, 0.1) is 12.2 Å². The van der Waals surface area contributed by atoms with Crippen molar-refractivity contribution < 1.29 is 14.3 Å². The van der Waals surface area contributed by atoms with Gasteiger partial charge in [-0.1, -0.05) is 31.9 Å². The van der Waals surface area contributed by atoms with E-state index in [1.54, 1.807) is 24.3 Å². The summed E-state index contributed by atoms with van der Waals surface area (Å²) in [5.74, 6) is 0.948. The highest BCUT2D eigenvalue weighted by Crippen LogP contribution is 2.19. The topological polar surface area (TPSA) is 35.5 Å². The number of benzene rings is 2. The third-order valence-corrected chi connectivity index (χ3v) is 3.60. The molecule has 0 spiro atoms. The summed E-state index contributed by atoms with van der Waals surface area (Å²) in [6, 6.07) is 14.7. The summed E-state index contributed by atoms with van der Waals surface area (Å²) in [6.07, 6.45) is 4.70. The van der Waals surface area contributed by atoms with E-state index in [0.29, 0.717) is 17.9 Å². The second-order valence-electron chi connectivity index (χ2n) is 5.45. The molecule has 0 fully saturated rings. The summed E-state index contributed by atoms with van der Waals surface area (Å²) in [5, 5.41) is 0. The van der Waals surface area contributed by atoms with Gasteiger partial charge in [-0.2, -0.15) is 0 Å². The predicted octanol–water partition coefficient (Wildman–Crippen LogP) is 5.04. The van der Waals surface area contributed by atoms with Crippen LogP contribution in [0.4, 0.5) is 0 Å². The van der Waals surface area contributed by atoms with Gasteiger partial charge in [0.1, 0.15) is 11.5 Å². The molecule has 2 aromatic carbocycles. The van der Waals surface area contributed by atoms with E-state index in [0.717, 1.165) is 12.2 Å². The van der Waals surface area contributed by atoms with Crippen molar-refractivity contribution >= 4 is 5.97 Å². The van der Waals surface area contributed by atoms with Gasteiger partial charge < -0.3 is 9.47 Å². The molecule has 0 saturated heterocycles. The van der Waals surface area contributed by atoms with Crippen molar-refractivity contribution in [3.8, 4) is 11.5 Å². The number of esters is 1. The summed E-state index contributed by atoms with van der Waals surface area (Å²) < 4.78 is 10.7. The lowest BCUT2D eigenvalue weighted by atomic mass is 10.1. The Bertz CT molecular complexity index is 600. The van der Waals surface area contributed by atoms with Crippen molar-refractivity contribution in [1.82, 2.24) is 0 Å². The molecule has 0 radical (unpaired) electrons. The fraction of sp³-hybridized carbons (Fsp3) is 0.350. The van der Waals surface area contributed by atoms with Gasteiger partial charge in [-0.05, 0) is 61.7 Å². The molecule has 0 saturated carbocycles. The molecule has 0 bridgehead atoms. The lowest BCUT2D eigenvalue weighted by Crippen LogP contribution is -2.08. The van der Waals surface area contributed by atoms with Crippen LogP contribution in [0.5, 0.6) is 11.5 Å². The predicted molar refractivity (Wildman–Crippen MR) is 92.2 cm³/mol. The highest BCUT2D eigenvalue weighted by Gasteiger charge is 2.08. The van der Waals surface area contributed by atoms with Crippen LogP contribution in [-0.2, 0) is 6.42 Å². The number of ether oxygens (including phenoxy) is 2. The van der Waals surface area contributed by atoms with E-state index in [2.05, 4.69) is 6.92 Å². The Labute approximate surface area is 138 Å². The van der Waals surface area contributed by atoms with Crippen LogP contribution in [-0.4, -0.2) is 12.6 Å². The molecule has 23 heavy (non-hydrogen) atoms. The minimum absolute atomic E-state index is 0.339. The summed E-state index contributed by atoms with van der Waals surface area (Å²) in [7, 11) is 0. The van der Waals surface area contributed by atoms with Crippen molar-refractivity contribution in [3.63, 3.8) is 0 Å². The lowest BCUT2D eigenvalue weighted by molar-refractivity contribution is 0.0734. The van der Waals surface area contributed by atoms with E-state index >= 15 is 0 Å². The van der Waals surface area contributed by atoms with Crippen LogP contribution in [0.3, 0.4) is 0 Å². The molecular formula is C20H24O3.